The highest BCUT2D eigenvalue weighted by molar-refractivity contribution is 5.92. The number of rotatable bonds is 1. The molecule has 2 rings (SSSR count). The predicted molar refractivity (Wildman–Crippen MR) is 53.6 cm³/mol. The van der Waals surface area contributed by atoms with E-state index in [1.165, 1.54) is 0 Å². The van der Waals surface area contributed by atoms with Crippen LogP contribution in [0.2, 0.25) is 0 Å². The fourth-order valence-corrected chi connectivity index (χ4v) is 1.91. The molecule has 2 heterocycles. The van der Waals surface area contributed by atoms with Crippen molar-refractivity contribution in [2.24, 2.45) is 0 Å². The first kappa shape index (κ1) is 9.50. The summed E-state index contributed by atoms with van der Waals surface area (Å²) in [7, 11) is 0. The van der Waals surface area contributed by atoms with E-state index >= 15 is 0 Å². The largest absolute Gasteiger partial charge is 0.329 e. The topological polar surface area (TPSA) is 35.6 Å². The zero-order valence-electron chi connectivity index (χ0n) is 8.20. The lowest BCUT2D eigenvalue weighted by atomic mass is 10.1. The Morgan fingerprint density at radius 1 is 1.29 bits per heavy atom. The smallest absolute Gasteiger partial charge is 0.298 e. The molecule has 0 saturated carbocycles. The summed E-state index contributed by atoms with van der Waals surface area (Å²) in [4.78, 5) is 15.4. The molecule has 0 aromatic heterocycles. The van der Waals surface area contributed by atoms with Crippen LogP contribution in [0.1, 0.15) is 0 Å². The molecule has 1 amide bonds. The van der Waals surface area contributed by atoms with Crippen LogP contribution in [0.3, 0.4) is 0 Å². The third-order valence-electron chi connectivity index (χ3n) is 3.00. The molecule has 2 fully saturated rings. The van der Waals surface area contributed by atoms with Gasteiger partial charge in [-0.1, -0.05) is 0 Å². The van der Waals surface area contributed by atoms with Crippen molar-refractivity contribution in [3.8, 4) is 12.3 Å². The van der Waals surface area contributed by atoms with E-state index in [2.05, 4.69) is 16.1 Å². The minimum Gasteiger partial charge on any atom is -0.329 e. The Morgan fingerprint density at radius 3 is 2.36 bits per heavy atom. The number of amides is 1. The molecule has 2 aliphatic heterocycles. The maximum atomic E-state index is 11.2. The van der Waals surface area contributed by atoms with Crippen molar-refractivity contribution in [3.63, 3.8) is 0 Å². The van der Waals surface area contributed by atoms with Crippen molar-refractivity contribution < 1.29 is 4.79 Å². The number of carbonyl (C=O) groups excluding carboxylic acids is 1. The molecule has 1 N–H and O–H groups in total. The minimum atomic E-state index is -0.170. The Balaban J connectivity index is 1.80. The summed E-state index contributed by atoms with van der Waals surface area (Å²) < 4.78 is 0. The zero-order chi connectivity index (χ0) is 9.97. The highest BCUT2D eigenvalue weighted by atomic mass is 16.2. The normalized spacial score (nSPS) is 24.1. The van der Waals surface area contributed by atoms with E-state index in [1.54, 1.807) is 4.90 Å². The molecular formula is C10H15N3O. The van der Waals surface area contributed by atoms with Gasteiger partial charge in [-0.15, -0.1) is 6.42 Å². The molecule has 0 atom stereocenters. The summed E-state index contributed by atoms with van der Waals surface area (Å²) in [6.45, 7) is 5.64. The third-order valence-corrected chi connectivity index (χ3v) is 3.00. The molecule has 2 aliphatic rings. The van der Waals surface area contributed by atoms with E-state index in [9.17, 15) is 4.79 Å². The molecule has 0 radical (unpaired) electrons. The van der Waals surface area contributed by atoms with Crippen LogP contribution in [-0.4, -0.2) is 61.0 Å². The number of carbonyl (C=O) groups is 1. The Kier molecular flexibility index (Phi) is 2.71. The molecule has 4 nitrogen and oxygen atoms in total. The van der Waals surface area contributed by atoms with Gasteiger partial charge in [0.2, 0.25) is 0 Å². The molecule has 0 spiro atoms. The van der Waals surface area contributed by atoms with Gasteiger partial charge in [0.1, 0.15) is 0 Å². The van der Waals surface area contributed by atoms with Gasteiger partial charge in [-0.05, 0) is 5.92 Å². The fourth-order valence-electron chi connectivity index (χ4n) is 1.91. The summed E-state index contributed by atoms with van der Waals surface area (Å²) >= 11 is 0. The molecule has 0 aromatic carbocycles. The van der Waals surface area contributed by atoms with Crippen LogP contribution in [0.15, 0.2) is 0 Å². The van der Waals surface area contributed by atoms with E-state index in [-0.39, 0.29) is 5.91 Å². The van der Waals surface area contributed by atoms with Gasteiger partial charge < -0.3 is 10.2 Å². The number of terminal acetylenes is 1. The van der Waals surface area contributed by atoms with Gasteiger partial charge in [0.15, 0.2) is 0 Å². The standard InChI is InChI=1S/C10H15N3O/c1-2-10(14)13-5-3-12(4-6-13)9-7-11-8-9/h1,9,11H,3-8H2. The molecule has 0 bridgehead atoms. The first-order chi connectivity index (χ1) is 6.81. The van der Waals surface area contributed by atoms with E-state index in [4.69, 9.17) is 6.42 Å². The molecule has 14 heavy (non-hydrogen) atoms. The third kappa shape index (κ3) is 1.74. The number of nitrogens with zero attached hydrogens (tertiary/aromatic N) is 2. The van der Waals surface area contributed by atoms with Crippen LogP contribution in [-0.2, 0) is 4.79 Å². The van der Waals surface area contributed by atoms with Crippen molar-refractivity contribution >= 4 is 5.91 Å². The number of hydrogen-bond acceptors (Lipinski definition) is 3. The van der Waals surface area contributed by atoms with Gasteiger partial charge in [-0.3, -0.25) is 9.69 Å². The van der Waals surface area contributed by atoms with Crippen molar-refractivity contribution in [2.75, 3.05) is 39.3 Å². The summed E-state index contributed by atoms with van der Waals surface area (Å²) in [5.74, 6) is 1.99. The molecule has 76 valence electrons. The van der Waals surface area contributed by atoms with Gasteiger partial charge in [0, 0.05) is 45.3 Å². The Morgan fingerprint density at radius 2 is 1.93 bits per heavy atom. The van der Waals surface area contributed by atoms with Crippen LogP contribution in [0.5, 0.6) is 0 Å². The molecular weight excluding hydrogens is 178 g/mol. The van der Waals surface area contributed by atoms with Crippen LogP contribution in [0.25, 0.3) is 0 Å². The van der Waals surface area contributed by atoms with Crippen LogP contribution in [0.4, 0.5) is 0 Å². The van der Waals surface area contributed by atoms with Gasteiger partial charge >= 0.3 is 0 Å². The Bertz CT molecular complexity index is 259. The number of piperazine rings is 1. The second-order valence-electron chi connectivity index (χ2n) is 3.78. The number of hydrogen-bond donors (Lipinski definition) is 1. The molecule has 0 unspecified atom stereocenters. The van der Waals surface area contributed by atoms with E-state index in [1.807, 2.05) is 0 Å². The number of nitrogens with one attached hydrogen (secondary N) is 1. The molecule has 0 aliphatic carbocycles. The first-order valence-corrected chi connectivity index (χ1v) is 5.01. The summed E-state index contributed by atoms with van der Waals surface area (Å²) in [6.07, 6.45) is 5.07. The van der Waals surface area contributed by atoms with Crippen molar-refractivity contribution in [1.29, 1.82) is 0 Å². The highest BCUT2D eigenvalue weighted by Gasteiger charge is 2.28. The van der Waals surface area contributed by atoms with Crippen LogP contribution >= 0.6 is 0 Å². The lowest BCUT2D eigenvalue weighted by Gasteiger charge is -2.42. The lowest BCUT2D eigenvalue weighted by molar-refractivity contribution is -0.127. The first-order valence-electron chi connectivity index (χ1n) is 5.01. The SMILES string of the molecule is C#CC(=O)N1CCN(C2CNC2)CC1. The van der Waals surface area contributed by atoms with Crippen LogP contribution < -0.4 is 5.32 Å². The van der Waals surface area contributed by atoms with Gasteiger partial charge in [0.05, 0.1) is 0 Å². The molecule has 0 aromatic rings. The summed E-state index contributed by atoms with van der Waals surface area (Å²) in [6, 6.07) is 0.679. The second kappa shape index (κ2) is 3.99. The van der Waals surface area contributed by atoms with Gasteiger partial charge in [-0.25, -0.2) is 0 Å². The minimum absolute atomic E-state index is 0.170. The summed E-state index contributed by atoms with van der Waals surface area (Å²) in [5.41, 5.74) is 0. The van der Waals surface area contributed by atoms with Gasteiger partial charge in [-0.2, -0.15) is 0 Å². The van der Waals surface area contributed by atoms with E-state index in [0.717, 1.165) is 39.3 Å². The summed E-state index contributed by atoms with van der Waals surface area (Å²) in [5, 5.41) is 3.25. The zero-order valence-corrected chi connectivity index (χ0v) is 8.20. The molecule has 2 saturated heterocycles. The predicted octanol–water partition coefficient (Wildman–Crippen LogP) is -1.26. The van der Waals surface area contributed by atoms with Crippen molar-refractivity contribution in [1.82, 2.24) is 15.1 Å². The lowest BCUT2D eigenvalue weighted by Crippen LogP contribution is -2.62. The fraction of sp³-hybridized carbons (Fsp3) is 0.700. The average Bonchev–Trinajstić information content (AvgIpc) is 2.15. The van der Waals surface area contributed by atoms with Gasteiger partial charge in [0.25, 0.3) is 5.91 Å². The van der Waals surface area contributed by atoms with E-state index in [0.29, 0.717) is 6.04 Å². The second-order valence-corrected chi connectivity index (χ2v) is 3.78. The van der Waals surface area contributed by atoms with Crippen molar-refractivity contribution in [3.05, 3.63) is 0 Å². The Labute approximate surface area is 84.2 Å². The van der Waals surface area contributed by atoms with E-state index < -0.39 is 0 Å². The molecule has 4 heteroatoms. The van der Waals surface area contributed by atoms with Crippen LogP contribution in [0, 0.1) is 12.3 Å². The highest BCUT2D eigenvalue weighted by Crippen LogP contribution is 2.09. The average molecular weight is 193 g/mol. The quantitative estimate of drug-likeness (QED) is 0.528. The monoisotopic (exact) mass is 193 g/mol. The Hall–Kier alpha value is -1.05. The maximum absolute atomic E-state index is 11.2. The van der Waals surface area contributed by atoms with Crippen molar-refractivity contribution in [2.45, 2.75) is 6.04 Å². The maximum Gasteiger partial charge on any atom is 0.298 e.